The van der Waals surface area contributed by atoms with Crippen molar-refractivity contribution in [2.24, 2.45) is 5.92 Å². The average molecular weight is 359 g/mol. The van der Waals surface area contributed by atoms with E-state index in [2.05, 4.69) is 11.7 Å². The van der Waals surface area contributed by atoms with Crippen molar-refractivity contribution in [3.8, 4) is 0 Å². The Kier molecular flexibility index (Phi) is 20.2. The summed E-state index contributed by atoms with van der Waals surface area (Å²) in [4.78, 5) is 22.3. The molecule has 0 amide bonds. The lowest BCUT2D eigenvalue weighted by molar-refractivity contribution is -0.142. The first-order valence-electron chi connectivity index (χ1n) is 9.91. The molecule has 0 fully saturated rings. The Morgan fingerprint density at radius 1 is 0.800 bits per heavy atom. The van der Waals surface area contributed by atoms with Crippen molar-refractivity contribution < 1.29 is 19.4 Å². The molecule has 0 saturated carbocycles. The van der Waals surface area contributed by atoms with Crippen LogP contribution in [0.5, 0.6) is 0 Å². The number of rotatable bonds is 17. The monoisotopic (exact) mass is 358 g/mol. The molecule has 1 unspecified atom stereocenters. The van der Waals surface area contributed by atoms with Gasteiger partial charge in [0.15, 0.2) is 0 Å². The van der Waals surface area contributed by atoms with Gasteiger partial charge in [-0.05, 0) is 19.3 Å². The lowest BCUT2D eigenvalue weighted by atomic mass is 9.94. The summed E-state index contributed by atoms with van der Waals surface area (Å²) in [5.74, 6) is -0.946. The van der Waals surface area contributed by atoms with E-state index in [9.17, 15) is 14.7 Å². The number of esters is 1. The second-order valence-corrected chi connectivity index (χ2v) is 6.83. The second-order valence-electron chi connectivity index (χ2n) is 6.83. The number of carboxylic acids is 1. The largest absolute Gasteiger partial charge is 0.481 e. The van der Waals surface area contributed by atoms with E-state index in [-0.39, 0.29) is 19.3 Å². The van der Waals surface area contributed by atoms with E-state index in [4.69, 9.17) is 0 Å². The van der Waals surface area contributed by atoms with Gasteiger partial charge in [-0.25, -0.2) is 0 Å². The Balaban J connectivity index is 0. The SMILES string of the molecule is C.CCCCCCCCCC(CCCCCCCC(=O)OC)C(=O)O. The van der Waals surface area contributed by atoms with Gasteiger partial charge in [0.05, 0.1) is 13.0 Å². The van der Waals surface area contributed by atoms with Crippen molar-refractivity contribution in [1.82, 2.24) is 0 Å². The molecule has 1 atom stereocenters. The van der Waals surface area contributed by atoms with Gasteiger partial charge >= 0.3 is 11.9 Å². The zero-order valence-corrected chi connectivity index (χ0v) is 15.9. The first kappa shape index (κ1) is 26.2. The van der Waals surface area contributed by atoms with Crippen molar-refractivity contribution >= 4 is 11.9 Å². The lowest BCUT2D eigenvalue weighted by Gasteiger charge is -2.12. The third kappa shape index (κ3) is 17.6. The van der Waals surface area contributed by atoms with E-state index in [1.54, 1.807) is 0 Å². The first-order valence-corrected chi connectivity index (χ1v) is 9.91. The summed E-state index contributed by atoms with van der Waals surface area (Å²) in [5, 5.41) is 9.32. The molecule has 150 valence electrons. The molecule has 0 aliphatic heterocycles. The normalized spacial score (nSPS) is 11.6. The van der Waals surface area contributed by atoms with Gasteiger partial charge in [0.2, 0.25) is 0 Å². The van der Waals surface area contributed by atoms with Crippen LogP contribution in [0.15, 0.2) is 0 Å². The maximum Gasteiger partial charge on any atom is 0.306 e. The average Bonchev–Trinajstić information content (AvgIpc) is 2.57. The number of carboxylic acid groups (broad SMARTS) is 1. The molecule has 0 aromatic rings. The Morgan fingerprint density at radius 2 is 1.24 bits per heavy atom. The molecule has 0 radical (unpaired) electrons. The van der Waals surface area contributed by atoms with Gasteiger partial charge in [-0.1, -0.05) is 85.0 Å². The molecule has 0 spiro atoms. The van der Waals surface area contributed by atoms with E-state index >= 15 is 0 Å². The van der Waals surface area contributed by atoms with Crippen LogP contribution in [0.1, 0.15) is 111 Å². The summed E-state index contributed by atoms with van der Waals surface area (Å²) in [6, 6.07) is 0. The number of unbranched alkanes of at least 4 members (excludes halogenated alkanes) is 10. The minimum Gasteiger partial charge on any atom is -0.481 e. The number of carbonyl (C=O) groups is 2. The number of ether oxygens (including phenoxy) is 1. The second kappa shape index (κ2) is 19.3. The van der Waals surface area contributed by atoms with Crippen molar-refractivity contribution in [3.05, 3.63) is 0 Å². The summed E-state index contributed by atoms with van der Waals surface area (Å²) < 4.78 is 4.61. The standard InChI is InChI=1S/C20H38O4.CH4/c1-3-4-5-6-7-9-12-15-18(20(22)23)16-13-10-8-11-14-17-19(21)24-2;/h18H,3-17H2,1-2H3,(H,22,23);1H4. The zero-order chi connectivity index (χ0) is 18.0. The summed E-state index contributed by atoms with van der Waals surface area (Å²) >= 11 is 0. The highest BCUT2D eigenvalue weighted by Gasteiger charge is 2.16. The Hall–Kier alpha value is -1.06. The summed E-state index contributed by atoms with van der Waals surface area (Å²) in [6.07, 6.45) is 15.7. The van der Waals surface area contributed by atoms with Crippen LogP contribution in [0.25, 0.3) is 0 Å². The number of hydrogen-bond donors (Lipinski definition) is 1. The van der Waals surface area contributed by atoms with E-state index in [1.807, 2.05) is 0 Å². The fourth-order valence-corrected chi connectivity index (χ4v) is 3.03. The molecule has 0 bridgehead atoms. The molecular formula is C21H42O4. The minimum absolute atomic E-state index is 0. The highest BCUT2D eigenvalue weighted by molar-refractivity contribution is 5.69. The molecule has 4 heteroatoms. The van der Waals surface area contributed by atoms with Crippen molar-refractivity contribution in [1.29, 1.82) is 0 Å². The van der Waals surface area contributed by atoms with E-state index < -0.39 is 5.97 Å². The fraction of sp³-hybridized carbons (Fsp3) is 0.905. The number of carbonyl (C=O) groups excluding carboxylic acids is 1. The highest BCUT2D eigenvalue weighted by atomic mass is 16.5. The third-order valence-corrected chi connectivity index (χ3v) is 4.67. The summed E-state index contributed by atoms with van der Waals surface area (Å²) in [7, 11) is 1.42. The van der Waals surface area contributed by atoms with Gasteiger partial charge < -0.3 is 9.84 Å². The maximum atomic E-state index is 11.3. The predicted octanol–water partition coefficient (Wildman–Crippen LogP) is 6.37. The number of aliphatic carboxylic acids is 1. The number of methoxy groups -OCH3 is 1. The zero-order valence-electron chi connectivity index (χ0n) is 15.9. The third-order valence-electron chi connectivity index (χ3n) is 4.67. The van der Waals surface area contributed by atoms with Crippen LogP contribution in [0.3, 0.4) is 0 Å². The van der Waals surface area contributed by atoms with Crippen LogP contribution in [-0.4, -0.2) is 24.2 Å². The van der Waals surface area contributed by atoms with Gasteiger partial charge in [-0.2, -0.15) is 0 Å². The Morgan fingerprint density at radius 3 is 1.68 bits per heavy atom. The summed E-state index contributed by atoms with van der Waals surface area (Å²) in [6.45, 7) is 2.22. The van der Waals surface area contributed by atoms with E-state index in [0.717, 1.165) is 51.4 Å². The fourth-order valence-electron chi connectivity index (χ4n) is 3.03. The molecule has 0 saturated heterocycles. The van der Waals surface area contributed by atoms with Crippen LogP contribution >= 0.6 is 0 Å². The van der Waals surface area contributed by atoms with Crippen molar-refractivity contribution in [2.75, 3.05) is 7.11 Å². The molecule has 25 heavy (non-hydrogen) atoms. The topological polar surface area (TPSA) is 63.6 Å². The van der Waals surface area contributed by atoms with Gasteiger partial charge in [-0.15, -0.1) is 0 Å². The van der Waals surface area contributed by atoms with Gasteiger partial charge in [0, 0.05) is 6.42 Å². The van der Waals surface area contributed by atoms with Gasteiger partial charge in [-0.3, -0.25) is 9.59 Å². The van der Waals surface area contributed by atoms with Crippen LogP contribution in [-0.2, 0) is 14.3 Å². The predicted molar refractivity (Wildman–Crippen MR) is 105 cm³/mol. The summed E-state index contributed by atoms with van der Waals surface area (Å²) in [5.41, 5.74) is 0. The molecule has 0 aromatic heterocycles. The molecule has 4 nitrogen and oxygen atoms in total. The molecule has 0 rings (SSSR count). The van der Waals surface area contributed by atoms with E-state index in [0.29, 0.717) is 6.42 Å². The molecule has 0 heterocycles. The van der Waals surface area contributed by atoms with Crippen molar-refractivity contribution in [3.63, 3.8) is 0 Å². The van der Waals surface area contributed by atoms with Crippen LogP contribution in [0, 0.1) is 5.92 Å². The quantitative estimate of drug-likeness (QED) is 0.242. The molecule has 0 aromatic carbocycles. The van der Waals surface area contributed by atoms with E-state index in [1.165, 1.54) is 45.6 Å². The Bertz CT molecular complexity index is 315. The molecular weight excluding hydrogens is 316 g/mol. The molecule has 0 aliphatic carbocycles. The number of hydrogen-bond acceptors (Lipinski definition) is 3. The van der Waals surface area contributed by atoms with Crippen molar-refractivity contribution in [2.45, 2.75) is 111 Å². The van der Waals surface area contributed by atoms with Gasteiger partial charge in [0.25, 0.3) is 0 Å². The van der Waals surface area contributed by atoms with Crippen LogP contribution < -0.4 is 0 Å². The minimum atomic E-state index is -0.633. The molecule has 0 aliphatic rings. The van der Waals surface area contributed by atoms with Gasteiger partial charge in [0.1, 0.15) is 0 Å². The van der Waals surface area contributed by atoms with Crippen LogP contribution in [0.2, 0.25) is 0 Å². The maximum absolute atomic E-state index is 11.3. The first-order chi connectivity index (χ1) is 11.6. The Labute approximate surface area is 155 Å². The smallest absolute Gasteiger partial charge is 0.306 e. The molecule has 1 N–H and O–H groups in total. The van der Waals surface area contributed by atoms with Crippen LogP contribution in [0.4, 0.5) is 0 Å². The lowest BCUT2D eigenvalue weighted by Crippen LogP contribution is -2.13. The highest BCUT2D eigenvalue weighted by Crippen LogP contribution is 2.19.